The van der Waals surface area contributed by atoms with Crippen LogP contribution < -0.4 is 9.64 Å². The minimum absolute atomic E-state index is 0.137. The summed E-state index contributed by atoms with van der Waals surface area (Å²) in [6, 6.07) is 17.3. The number of nitrogens with zero attached hydrogens (tertiary/aromatic N) is 1. The molecule has 1 N–H and O–H groups in total. The zero-order valence-corrected chi connectivity index (χ0v) is 17.4. The van der Waals surface area contributed by atoms with Crippen LogP contribution in [0.4, 0.5) is 10.1 Å². The third-order valence-corrected chi connectivity index (χ3v) is 5.80. The summed E-state index contributed by atoms with van der Waals surface area (Å²) in [6.45, 7) is -0.166. The van der Waals surface area contributed by atoms with Crippen LogP contribution in [0.25, 0.3) is 0 Å². The van der Waals surface area contributed by atoms with Crippen molar-refractivity contribution >= 4 is 29.0 Å². The number of fused-ring (bicyclic) bond motifs is 1. The third kappa shape index (κ3) is 3.69. The van der Waals surface area contributed by atoms with E-state index in [2.05, 4.69) is 0 Å². The van der Waals surface area contributed by atoms with Crippen molar-refractivity contribution < 1.29 is 23.8 Å². The number of aliphatic hydroxyl groups is 1. The fraction of sp³-hybridized carbons (Fsp3) is 0.167. The van der Waals surface area contributed by atoms with Gasteiger partial charge in [-0.3, -0.25) is 9.59 Å². The van der Waals surface area contributed by atoms with Crippen LogP contribution in [-0.4, -0.2) is 23.9 Å². The lowest BCUT2D eigenvalue weighted by Crippen LogP contribution is -2.41. The number of hydrogen-bond acceptors (Lipinski definition) is 4. The number of anilines is 1. The SMILES string of the molecule is COc1ccc(C(=O)C[C@]2(O)C(=O)N(Cc3c(F)cccc3Cl)c3ccccc32)cc1. The number of para-hydroxylation sites is 1. The molecule has 0 radical (unpaired) electrons. The highest BCUT2D eigenvalue weighted by atomic mass is 35.5. The van der Waals surface area contributed by atoms with Gasteiger partial charge in [-0.1, -0.05) is 35.9 Å². The molecule has 158 valence electrons. The molecule has 5 nitrogen and oxygen atoms in total. The maximum Gasteiger partial charge on any atom is 0.264 e. The topological polar surface area (TPSA) is 66.8 Å². The number of benzene rings is 3. The molecule has 1 amide bonds. The van der Waals surface area contributed by atoms with Crippen molar-refractivity contribution in [3.05, 3.63) is 94.3 Å². The van der Waals surface area contributed by atoms with E-state index in [9.17, 15) is 19.1 Å². The van der Waals surface area contributed by atoms with E-state index in [-0.39, 0.29) is 17.1 Å². The summed E-state index contributed by atoms with van der Waals surface area (Å²) in [5.74, 6) is -1.07. The lowest BCUT2D eigenvalue weighted by molar-refractivity contribution is -0.136. The number of hydrogen-bond donors (Lipinski definition) is 1. The van der Waals surface area contributed by atoms with Crippen LogP contribution in [0.3, 0.4) is 0 Å². The zero-order valence-electron chi connectivity index (χ0n) is 16.6. The van der Waals surface area contributed by atoms with Gasteiger partial charge in [-0.2, -0.15) is 0 Å². The molecule has 1 aliphatic heterocycles. The van der Waals surface area contributed by atoms with E-state index < -0.39 is 29.5 Å². The van der Waals surface area contributed by atoms with Crippen LogP contribution >= 0.6 is 11.6 Å². The lowest BCUT2D eigenvalue weighted by atomic mass is 9.88. The predicted molar refractivity (Wildman–Crippen MR) is 115 cm³/mol. The average Bonchev–Trinajstić information content (AvgIpc) is 2.98. The zero-order chi connectivity index (χ0) is 22.2. The van der Waals surface area contributed by atoms with Crippen molar-refractivity contribution in [2.45, 2.75) is 18.6 Å². The maximum absolute atomic E-state index is 14.3. The summed E-state index contributed by atoms with van der Waals surface area (Å²) in [5.41, 5.74) is -0.870. The molecule has 3 aromatic carbocycles. The Balaban J connectivity index is 1.68. The molecule has 0 fully saturated rings. The van der Waals surface area contributed by atoms with Gasteiger partial charge in [-0.25, -0.2) is 4.39 Å². The Labute approximate surface area is 183 Å². The number of halogens is 2. The van der Waals surface area contributed by atoms with Gasteiger partial charge in [-0.15, -0.1) is 0 Å². The first kappa shape index (κ1) is 21.0. The maximum atomic E-state index is 14.3. The Hall–Kier alpha value is -3.22. The van der Waals surface area contributed by atoms with E-state index in [0.29, 0.717) is 22.6 Å². The summed E-state index contributed by atoms with van der Waals surface area (Å²) < 4.78 is 19.4. The smallest absolute Gasteiger partial charge is 0.264 e. The van der Waals surface area contributed by atoms with Gasteiger partial charge < -0.3 is 14.7 Å². The van der Waals surface area contributed by atoms with Crippen LogP contribution in [0.15, 0.2) is 66.7 Å². The number of ketones is 1. The van der Waals surface area contributed by atoms with Gasteiger partial charge >= 0.3 is 0 Å². The molecular weight excluding hydrogens is 421 g/mol. The molecule has 0 aliphatic carbocycles. The van der Waals surface area contributed by atoms with Gasteiger partial charge in [0, 0.05) is 21.7 Å². The van der Waals surface area contributed by atoms with Gasteiger partial charge in [0.2, 0.25) is 0 Å². The monoisotopic (exact) mass is 439 g/mol. The molecule has 4 rings (SSSR count). The van der Waals surface area contributed by atoms with Gasteiger partial charge in [0.25, 0.3) is 5.91 Å². The lowest BCUT2D eigenvalue weighted by Gasteiger charge is -2.23. The summed E-state index contributed by atoms with van der Waals surface area (Å²) in [6.07, 6.45) is -0.448. The fourth-order valence-corrected chi connectivity index (χ4v) is 4.01. The number of rotatable bonds is 6. The van der Waals surface area contributed by atoms with Gasteiger partial charge in [0.15, 0.2) is 11.4 Å². The molecule has 0 saturated heterocycles. The third-order valence-electron chi connectivity index (χ3n) is 5.45. The highest BCUT2D eigenvalue weighted by Gasteiger charge is 2.51. The molecule has 31 heavy (non-hydrogen) atoms. The molecule has 0 aromatic heterocycles. The number of carbonyl (C=O) groups is 2. The summed E-state index contributed by atoms with van der Waals surface area (Å²) >= 11 is 6.14. The second kappa shape index (κ2) is 8.13. The largest absolute Gasteiger partial charge is 0.497 e. The second-order valence-electron chi connectivity index (χ2n) is 7.30. The first-order valence-electron chi connectivity index (χ1n) is 9.59. The number of carbonyl (C=O) groups excluding carboxylic acids is 2. The number of ether oxygens (including phenoxy) is 1. The predicted octanol–water partition coefficient (Wildman–Crippen LogP) is 4.50. The van der Waals surface area contributed by atoms with E-state index in [1.807, 2.05) is 0 Å². The second-order valence-corrected chi connectivity index (χ2v) is 7.70. The Morgan fingerprint density at radius 2 is 1.81 bits per heavy atom. The summed E-state index contributed by atoms with van der Waals surface area (Å²) in [4.78, 5) is 27.5. The normalized spacial score (nSPS) is 17.5. The van der Waals surface area contributed by atoms with E-state index in [4.69, 9.17) is 16.3 Å². The summed E-state index contributed by atoms with van der Waals surface area (Å²) in [7, 11) is 1.52. The molecule has 7 heteroatoms. The van der Waals surface area contributed by atoms with E-state index >= 15 is 0 Å². The minimum Gasteiger partial charge on any atom is -0.497 e. The van der Waals surface area contributed by atoms with Crippen LogP contribution in [0.1, 0.15) is 27.9 Å². The number of Topliss-reactive ketones (excluding diaryl/α,β-unsaturated/α-hetero) is 1. The van der Waals surface area contributed by atoms with Crippen molar-refractivity contribution in [1.29, 1.82) is 0 Å². The van der Waals surface area contributed by atoms with Crippen molar-refractivity contribution in [3.8, 4) is 5.75 Å². The number of amides is 1. The van der Waals surface area contributed by atoms with Gasteiger partial charge in [0.05, 0.1) is 25.8 Å². The van der Waals surface area contributed by atoms with Crippen molar-refractivity contribution in [2.75, 3.05) is 12.0 Å². The van der Waals surface area contributed by atoms with Crippen molar-refractivity contribution in [1.82, 2.24) is 0 Å². The highest BCUT2D eigenvalue weighted by Crippen LogP contribution is 2.44. The summed E-state index contributed by atoms with van der Waals surface area (Å²) in [5, 5.41) is 11.5. The first-order chi connectivity index (χ1) is 14.8. The molecule has 0 unspecified atom stereocenters. The quantitative estimate of drug-likeness (QED) is 0.574. The molecule has 0 bridgehead atoms. The average molecular weight is 440 g/mol. The molecule has 0 spiro atoms. The molecular formula is C24H19ClFNO4. The van der Waals surface area contributed by atoms with E-state index in [1.165, 1.54) is 30.2 Å². The standard InChI is InChI=1S/C24H19ClFNO4/c1-31-16-11-9-15(10-12-16)22(28)13-24(30)18-5-2-3-8-21(18)27(23(24)29)14-17-19(25)6-4-7-20(17)26/h2-12,30H,13-14H2,1H3/t24-/m1/s1. The van der Waals surface area contributed by atoms with Crippen LogP contribution in [0.2, 0.25) is 5.02 Å². The van der Waals surface area contributed by atoms with E-state index in [1.54, 1.807) is 48.5 Å². The molecule has 3 aromatic rings. The molecule has 1 heterocycles. The molecule has 1 atom stereocenters. The highest BCUT2D eigenvalue weighted by molar-refractivity contribution is 6.31. The Bertz CT molecular complexity index is 1140. The van der Waals surface area contributed by atoms with Gasteiger partial charge in [0.1, 0.15) is 11.6 Å². The number of methoxy groups -OCH3 is 1. The Morgan fingerprint density at radius 1 is 1.10 bits per heavy atom. The van der Waals surface area contributed by atoms with E-state index in [0.717, 1.165) is 0 Å². The minimum atomic E-state index is -2.06. The molecule has 0 saturated carbocycles. The van der Waals surface area contributed by atoms with Crippen LogP contribution in [0, 0.1) is 5.82 Å². The van der Waals surface area contributed by atoms with Gasteiger partial charge in [-0.05, 0) is 42.5 Å². The first-order valence-corrected chi connectivity index (χ1v) is 9.97. The van der Waals surface area contributed by atoms with Crippen molar-refractivity contribution in [3.63, 3.8) is 0 Å². The Morgan fingerprint density at radius 3 is 2.48 bits per heavy atom. The Kier molecular flexibility index (Phi) is 5.52. The van der Waals surface area contributed by atoms with Crippen LogP contribution in [0.5, 0.6) is 5.75 Å². The fourth-order valence-electron chi connectivity index (χ4n) is 3.79. The van der Waals surface area contributed by atoms with Crippen LogP contribution in [-0.2, 0) is 16.9 Å². The molecule has 1 aliphatic rings. The van der Waals surface area contributed by atoms with Crippen molar-refractivity contribution in [2.24, 2.45) is 0 Å².